The van der Waals surface area contributed by atoms with Crippen LogP contribution in [0.15, 0.2) is 126 Å². The molecule has 0 amide bonds. The first kappa shape index (κ1) is 26.1. The van der Waals surface area contributed by atoms with Gasteiger partial charge in [-0.15, -0.1) is 7.05 Å². The number of hydrogen-bond donors (Lipinski definition) is 2. The molecule has 0 unspecified atom stereocenters. The van der Waals surface area contributed by atoms with Crippen molar-refractivity contribution in [1.29, 1.82) is 0 Å². The smallest absolute Gasteiger partial charge is 0.135 e. The molecule has 2 N–H and O–H groups in total. The van der Waals surface area contributed by atoms with Gasteiger partial charge in [-0.2, -0.15) is 0 Å². The molecule has 2 heterocycles. The Morgan fingerprint density at radius 1 is 0.625 bits per heavy atom. The first-order chi connectivity index (χ1) is 19.2. The van der Waals surface area contributed by atoms with Crippen LogP contribution in [0.25, 0.3) is 71.0 Å². The van der Waals surface area contributed by atoms with Crippen LogP contribution in [0.2, 0.25) is 0 Å². The van der Waals surface area contributed by atoms with Gasteiger partial charge < -0.3 is 19.8 Å². The molecule has 0 atom stereocenters. The van der Waals surface area contributed by atoms with Gasteiger partial charge in [0.25, 0.3) is 0 Å². The molecule has 2 aromatic heterocycles. The molecule has 6 aromatic carbocycles. The third-order valence-corrected chi connectivity index (χ3v) is 7.32. The largest absolute Gasteiger partial charge is 0.683 e. The minimum absolute atomic E-state index is 0. The van der Waals surface area contributed by atoms with E-state index in [1.54, 1.807) is 7.05 Å². The SMILES string of the molecule is C[N-]c1c(O)c(-c2ccccc2)cc2oc3ccccc3c12.[Y].c1ccc2c(c1)ccc1[nH]c3ccccc3c12. The molecule has 0 bridgehead atoms. The minimum Gasteiger partial charge on any atom is -0.683 e. The summed E-state index contributed by atoms with van der Waals surface area (Å²) in [6.45, 7) is 0. The van der Waals surface area contributed by atoms with Crippen LogP contribution in [0.5, 0.6) is 5.75 Å². The topological polar surface area (TPSA) is 63.3 Å². The van der Waals surface area contributed by atoms with E-state index in [-0.39, 0.29) is 38.5 Å². The van der Waals surface area contributed by atoms with Gasteiger partial charge in [0.2, 0.25) is 0 Å². The van der Waals surface area contributed by atoms with E-state index in [2.05, 4.69) is 71.0 Å². The third kappa shape index (κ3) is 4.34. The number of phenols is 1. The maximum Gasteiger partial charge on any atom is 0.135 e. The zero-order chi connectivity index (χ0) is 26.3. The van der Waals surface area contributed by atoms with E-state index in [0.29, 0.717) is 5.69 Å². The number of H-pyrrole nitrogens is 1. The number of para-hydroxylation sites is 2. The zero-order valence-corrected chi connectivity index (χ0v) is 24.8. The molecule has 0 saturated heterocycles. The summed E-state index contributed by atoms with van der Waals surface area (Å²) in [5, 5.41) is 22.1. The van der Waals surface area contributed by atoms with E-state index < -0.39 is 0 Å². The van der Waals surface area contributed by atoms with Gasteiger partial charge in [0.15, 0.2) is 0 Å². The number of aromatic amines is 1. The molecule has 0 aliphatic heterocycles. The molecule has 4 nitrogen and oxygen atoms in total. The molecule has 191 valence electrons. The number of fused-ring (bicyclic) bond motifs is 8. The maximum atomic E-state index is 10.7. The number of rotatable bonds is 2. The second-order valence-electron chi connectivity index (χ2n) is 9.56. The van der Waals surface area contributed by atoms with Crippen molar-refractivity contribution in [2.45, 2.75) is 0 Å². The molecule has 8 aromatic rings. The third-order valence-electron chi connectivity index (χ3n) is 7.32. The maximum absolute atomic E-state index is 10.7. The van der Waals surface area contributed by atoms with Crippen LogP contribution in [0.1, 0.15) is 0 Å². The average molecular weight is 595 g/mol. The van der Waals surface area contributed by atoms with Gasteiger partial charge in [0, 0.05) is 70.9 Å². The van der Waals surface area contributed by atoms with Crippen LogP contribution in [-0.4, -0.2) is 17.1 Å². The second kappa shape index (κ2) is 10.8. The van der Waals surface area contributed by atoms with Crippen LogP contribution in [-0.2, 0) is 32.7 Å². The van der Waals surface area contributed by atoms with Crippen molar-refractivity contribution in [2.75, 3.05) is 7.05 Å². The summed E-state index contributed by atoms with van der Waals surface area (Å²) in [7, 11) is 1.69. The number of aromatic nitrogens is 1. The van der Waals surface area contributed by atoms with Crippen LogP contribution in [0, 0.1) is 0 Å². The van der Waals surface area contributed by atoms with Gasteiger partial charge in [-0.1, -0.05) is 103 Å². The fraction of sp³-hybridized carbons (Fsp3) is 0.0286. The summed E-state index contributed by atoms with van der Waals surface area (Å²) in [6, 6.07) is 40.8. The van der Waals surface area contributed by atoms with Crippen molar-refractivity contribution in [3.63, 3.8) is 0 Å². The molecule has 0 saturated carbocycles. The fourth-order valence-corrected chi connectivity index (χ4v) is 5.53. The predicted octanol–water partition coefficient (Wildman–Crippen LogP) is 10.1. The molecular formula is C35H25N2O2Y-. The van der Waals surface area contributed by atoms with Gasteiger partial charge in [-0.3, -0.25) is 0 Å². The standard InChI is InChI=1S/C19H14NO2.C16H11N.Y/c1-20-18-17-13-9-5-6-10-15(13)22-16(17)11-14(19(18)21)12-7-3-2-4-8-12;1-2-6-12-11(5-1)9-10-15-16(12)13-7-3-4-8-14(13)17-15;/h2-11,21H,1H3;1-10,17H;/q-1;;. The minimum atomic E-state index is 0. The number of furan rings is 1. The van der Waals surface area contributed by atoms with Crippen LogP contribution in [0.3, 0.4) is 0 Å². The normalized spacial score (nSPS) is 11.0. The predicted molar refractivity (Wildman–Crippen MR) is 163 cm³/mol. The number of nitrogens with zero attached hydrogens (tertiary/aromatic N) is 1. The van der Waals surface area contributed by atoms with Crippen molar-refractivity contribution in [2.24, 2.45) is 0 Å². The monoisotopic (exact) mass is 594 g/mol. The van der Waals surface area contributed by atoms with Crippen molar-refractivity contribution >= 4 is 60.2 Å². The van der Waals surface area contributed by atoms with Gasteiger partial charge in [0.1, 0.15) is 16.9 Å². The molecule has 5 heteroatoms. The Kier molecular flexibility index (Phi) is 7.06. The number of hydrogen-bond acceptors (Lipinski definition) is 2. The van der Waals surface area contributed by atoms with Crippen LogP contribution < -0.4 is 0 Å². The molecule has 1 radical (unpaired) electrons. The van der Waals surface area contributed by atoms with Crippen molar-refractivity contribution in [3.05, 3.63) is 127 Å². The van der Waals surface area contributed by atoms with E-state index in [1.807, 2.05) is 60.7 Å². The first-order valence-electron chi connectivity index (χ1n) is 12.9. The van der Waals surface area contributed by atoms with Gasteiger partial charge >= 0.3 is 0 Å². The summed E-state index contributed by atoms with van der Waals surface area (Å²) < 4.78 is 5.94. The number of benzene rings is 6. The quantitative estimate of drug-likeness (QED) is 0.209. The Hall–Kier alpha value is -4.12. The number of aromatic hydroxyl groups is 1. The molecule has 0 aliphatic carbocycles. The van der Waals surface area contributed by atoms with Crippen molar-refractivity contribution < 1.29 is 42.2 Å². The summed E-state index contributed by atoms with van der Waals surface area (Å²) >= 11 is 0. The molecule has 0 aliphatic rings. The summed E-state index contributed by atoms with van der Waals surface area (Å²) in [5.74, 6) is 0.188. The second-order valence-corrected chi connectivity index (χ2v) is 9.56. The summed E-state index contributed by atoms with van der Waals surface area (Å²) in [6.07, 6.45) is 0. The average Bonchev–Trinajstić information content (AvgIpc) is 3.56. The van der Waals surface area contributed by atoms with Gasteiger partial charge in [-0.25, -0.2) is 0 Å². The first-order valence-corrected chi connectivity index (χ1v) is 12.9. The molecule has 0 spiro atoms. The number of nitrogens with one attached hydrogen (secondary N) is 1. The van der Waals surface area contributed by atoms with E-state index in [9.17, 15) is 5.11 Å². The van der Waals surface area contributed by atoms with Gasteiger partial charge in [0.05, 0.1) is 0 Å². The van der Waals surface area contributed by atoms with Gasteiger partial charge in [-0.05, 0) is 40.6 Å². The summed E-state index contributed by atoms with van der Waals surface area (Å²) in [4.78, 5) is 3.47. The van der Waals surface area contributed by atoms with E-state index in [1.165, 1.54) is 32.6 Å². The van der Waals surface area contributed by atoms with Crippen LogP contribution in [0.4, 0.5) is 5.69 Å². The van der Waals surface area contributed by atoms with Crippen molar-refractivity contribution in [3.8, 4) is 16.9 Å². The fourth-order valence-electron chi connectivity index (χ4n) is 5.53. The Labute approximate surface area is 256 Å². The summed E-state index contributed by atoms with van der Waals surface area (Å²) in [5.41, 5.74) is 6.19. The molecule has 40 heavy (non-hydrogen) atoms. The molecule has 0 fully saturated rings. The Bertz CT molecular complexity index is 2120. The van der Waals surface area contributed by atoms with E-state index in [0.717, 1.165) is 33.1 Å². The zero-order valence-electron chi connectivity index (χ0n) is 21.9. The van der Waals surface area contributed by atoms with E-state index >= 15 is 0 Å². The molecule has 8 rings (SSSR count). The van der Waals surface area contributed by atoms with E-state index in [4.69, 9.17) is 4.42 Å². The Balaban J connectivity index is 0.000000145. The van der Waals surface area contributed by atoms with Crippen molar-refractivity contribution in [1.82, 2.24) is 4.98 Å². The Morgan fingerprint density at radius 2 is 1.30 bits per heavy atom. The number of phenolic OH excluding ortho intramolecular Hbond substituents is 1. The van der Waals surface area contributed by atoms with Crippen LogP contribution >= 0.6 is 0 Å². The molecular weight excluding hydrogens is 569 g/mol. The Morgan fingerprint density at radius 3 is 2.10 bits per heavy atom.